The number of nitrogens with one attached hydrogen (secondary N) is 2. The molecule has 2 heterocycles. The van der Waals surface area contributed by atoms with Crippen LogP contribution in [0.25, 0.3) is 4.85 Å². The molecule has 0 aliphatic rings. The molecule has 0 bridgehead atoms. The van der Waals surface area contributed by atoms with Crippen molar-refractivity contribution >= 4 is 38.8 Å². The molecule has 2 aromatic heterocycles. The normalized spacial score (nSPS) is 13.0. The molecule has 0 spiro atoms. The fourth-order valence-electron chi connectivity index (χ4n) is 2.31. The molecule has 0 saturated carbocycles. The van der Waals surface area contributed by atoms with Crippen molar-refractivity contribution in [2.75, 3.05) is 23.7 Å². The molecule has 4 N–H and O–H groups in total. The highest BCUT2D eigenvalue weighted by Gasteiger charge is 2.18. The number of hydrogen-bond acceptors (Lipinski definition) is 10. The van der Waals surface area contributed by atoms with Crippen molar-refractivity contribution in [3.63, 3.8) is 0 Å². The molecule has 0 aromatic carbocycles. The summed E-state index contributed by atoms with van der Waals surface area (Å²) < 4.78 is 0. The predicted octanol–water partition coefficient (Wildman–Crippen LogP) is 3.58. The van der Waals surface area contributed by atoms with Crippen molar-refractivity contribution in [2.45, 2.75) is 39.9 Å². The monoisotopic (exact) mass is 414 g/mol. The van der Waals surface area contributed by atoms with E-state index in [0.29, 0.717) is 38.7 Å². The number of thiazole rings is 1. The second kappa shape index (κ2) is 9.89. The van der Waals surface area contributed by atoms with Crippen molar-refractivity contribution in [3.05, 3.63) is 28.2 Å². The Bertz CT molecular complexity index is 985. The summed E-state index contributed by atoms with van der Waals surface area (Å²) in [5.74, 6) is 0.635. The number of rotatable bonds is 8. The lowest BCUT2D eigenvalue weighted by molar-refractivity contribution is 0.208. The number of nitriles is 1. The van der Waals surface area contributed by atoms with Crippen LogP contribution in [0.1, 0.15) is 30.7 Å². The van der Waals surface area contributed by atoms with Crippen LogP contribution in [0.3, 0.4) is 0 Å². The van der Waals surface area contributed by atoms with E-state index in [9.17, 15) is 15.5 Å². The molecular weight excluding hydrogens is 392 g/mol. The van der Waals surface area contributed by atoms with Gasteiger partial charge in [0.05, 0.1) is 30.0 Å². The second-order valence-electron chi connectivity index (χ2n) is 6.43. The summed E-state index contributed by atoms with van der Waals surface area (Å²) in [6, 6.07) is 2.10. The van der Waals surface area contributed by atoms with Crippen molar-refractivity contribution in [1.82, 2.24) is 9.97 Å². The molecule has 2 aromatic rings. The first kappa shape index (κ1) is 22.2. The Morgan fingerprint density at radius 3 is 2.28 bits per heavy atom. The van der Waals surface area contributed by atoms with Gasteiger partial charge in [0.15, 0.2) is 5.82 Å². The molecule has 2 unspecified atom stereocenters. The van der Waals surface area contributed by atoms with Crippen LogP contribution in [0.2, 0.25) is 0 Å². The number of aliphatic hydroxyl groups excluding tert-OH is 2. The van der Waals surface area contributed by atoms with Gasteiger partial charge < -0.3 is 20.8 Å². The number of nitrogens with zero attached hydrogens (tertiary/aromatic N) is 6. The van der Waals surface area contributed by atoms with Gasteiger partial charge in [0.1, 0.15) is 17.6 Å². The lowest BCUT2D eigenvalue weighted by atomic mass is 10.1. The van der Waals surface area contributed by atoms with Gasteiger partial charge in [0.25, 0.3) is 5.00 Å². The molecule has 152 valence electrons. The number of azo groups is 1. The molecule has 0 aliphatic heterocycles. The molecule has 11 heteroatoms. The van der Waals surface area contributed by atoms with E-state index in [1.54, 1.807) is 27.7 Å². The van der Waals surface area contributed by atoms with E-state index in [2.05, 4.69) is 41.7 Å². The van der Waals surface area contributed by atoms with Gasteiger partial charge in [0, 0.05) is 18.7 Å². The minimum Gasteiger partial charge on any atom is -0.392 e. The lowest BCUT2D eigenvalue weighted by Gasteiger charge is -2.16. The molecule has 2 atom stereocenters. The highest BCUT2D eigenvalue weighted by atomic mass is 32.1. The average molecular weight is 414 g/mol. The molecule has 0 amide bonds. The topological polar surface area (TPSA) is 143 Å². The zero-order valence-electron chi connectivity index (χ0n) is 16.6. The van der Waals surface area contributed by atoms with Gasteiger partial charge in [-0.05, 0) is 27.7 Å². The average Bonchev–Trinajstić information content (AvgIpc) is 3.03. The Morgan fingerprint density at radius 2 is 1.76 bits per heavy atom. The molecule has 29 heavy (non-hydrogen) atoms. The van der Waals surface area contributed by atoms with Gasteiger partial charge in [-0.25, -0.2) is 14.8 Å². The first-order chi connectivity index (χ1) is 13.8. The third kappa shape index (κ3) is 5.68. The molecule has 10 nitrogen and oxygen atoms in total. The Kier molecular flexibility index (Phi) is 7.56. The third-order valence-electron chi connectivity index (χ3n) is 3.75. The van der Waals surface area contributed by atoms with Crippen molar-refractivity contribution < 1.29 is 10.2 Å². The number of aliphatic hydroxyl groups is 2. The highest BCUT2D eigenvalue weighted by Crippen LogP contribution is 2.37. The largest absolute Gasteiger partial charge is 0.392 e. The number of aryl methyl sites for hydroxylation is 1. The number of anilines is 2. The summed E-state index contributed by atoms with van der Waals surface area (Å²) in [6.07, 6.45) is -1.25. The lowest BCUT2D eigenvalue weighted by Crippen LogP contribution is -2.19. The maximum absolute atomic E-state index is 9.61. The SMILES string of the molecule is [C-]#[N+]c1sc(N=Nc2c(NCC(C)O)nc(NCC(C)O)c(C#N)c2C)nc1C. The Labute approximate surface area is 172 Å². The van der Waals surface area contributed by atoms with E-state index in [1.165, 1.54) is 0 Å². The van der Waals surface area contributed by atoms with Gasteiger partial charge in [-0.3, -0.25) is 0 Å². The van der Waals surface area contributed by atoms with Crippen LogP contribution in [0.15, 0.2) is 10.2 Å². The van der Waals surface area contributed by atoms with E-state index in [4.69, 9.17) is 6.57 Å². The summed E-state index contributed by atoms with van der Waals surface area (Å²) in [7, 11) is 0. The number of pyridine rings is 1. The van der Waals surface area contributed by atoms with Gasteiger partial charge in [-0.1, -0.05) is 0 Å². The van der Waals surface area contributed by atoms with E-state index < -0.39 is 12.2 Å². The summed E-state index contributed by atoms with van der Waals surface area (Å²) in [4.78, 5) is 12.0. The van der Waals surface area contributed by atoms with Crippen LogP contribution in [-0.2, 0) is 0 Å². The molecule has 0 fully saturated rings. The van der Waals surface area contributed by atoms with Crippen molar-refractivity contribution in [3.8, 4) is 6.07 Å². The predicted molar refractivity (Wildman–Crippen MR) is 111 cm³/mol. The van der Waals surface area contributed by atoms with Gasteiger partial charge >= 0.3 is 0 Å². The zero-order chi connectivity index (χ0) is 21.6. The zero-order valence-corrected chi connectivity index (χ0v) is 17.4. The standard InChI is InChI=1S/C18H22N8O2S/c1-9(27)7-21-15-13(6-19)11(3)14(16(24-15)22-8-10(2)28)25-26-18-23-12(4)17(20-5)29-18/h9-10,27-28H,7-8H2,1-4H3,(H2,21,22,24). The Balaban J connectivity index is 2.50. The highest BCUT2D eigenvalue weighted by molar-refractivity contribution is 7.19. The maximum Gasteiger partial charge on any atom is 0.265 e. The fourth-order valence-corrected chi connectivity index (χ4v) is 2.98. The van der Waals surface area contributed by atoms with E-state index >= 15 is 0 Å². The van der Waals surface area contributed by atoms with Crippen LogP contribution < -0.4 is 10.6 Å². The minimum atomic E-state index is -0.630. The Hall–Kier alpha value is -3.12. The minimum absolute atomic E-state index is 0.217. The van der Waals surface area contributed by atoms with Gasteiger partial charge in [-0.2, -0.15) is 5.26 Å². The summed E-state index contributed by atoms with van der Waals surface area (Å²) in [6.45, 7) is 14.2. The Morgan fingerprint density at radius 1 is 1.14 bits per heavy atom. The maximum atomic E-state index is 9.61. The quantitative estimate of drug-likeness (QED) is 0.382. The molecule has 0 saturated heterocycles. The van der Waals surface area contributed by atoms with Crippen LogP contribution in [-0.4, -0.2) is 45.5 Å². The third-order valence-corrected chi connectivity index (χ3v) is 4.69. The van der Waals surface area contributed by atoms with E-state index in [0.717, 1.165) is 11.3 Å². The smallest absolute Gasteiger partial charge is 0.265 e. The van der Waals surface area contributed by atoms with Gasteiger partial charge in [0.2, 0.25) is 5.13 Å². The second-order valence-corrected chi connectivity index (χ2v) is 7.38. The summed E-state index contributed by atoms with van der Waals surface area (Å²) in [5.41, 5.74) is 1.73. The summed E-state index contributed by atoms with van der Waals surface area (Å²) >= 11 is 1.12. The molecular formula is C18H22N8O2S. The molecule has 0 radical (unpaired) electrons. The van der Waals surface area contributed by atoms with Gasteiger partial charge in [-0.15, -0.1) is 21.6 Å². The first-order valence-electron chi connectivity index (χ1n) is 8.82. The van der Waals surface area contributed by atoms with Crippen LogP contribution in [0.4, 0.5) is 27.5 Å². The van der Waals surface area contributed by atoms with Crippen molar-refractivity contribution in [2.24, 2.45) is 10.2 Å². The first-order valence-corrected chi connectivity index (χ1v) is 9.63. The number of hydrogen-bond donors (Lipinski definition) is 4. The van der Waals surface area contributed by atoms with Crippen LogP contribution >= 0.6 is 11.3 Å². The van der Waals surface area contributed by atoms with Crippen LogP contribution in [0.5, 0.6) is 0 Å². The number of aromatic nitrogens is 2. The van der Waals surface area contributed by atoms with Crippen molar-refractivity contribution in [1.29, 1.82) is 5.26 Å². The summed E-state index contributed by atoms with van der Waals surface area (Å²) in [5, 5.41) is 43.8. The fraction of sp³-hybridized carbons (Fsp3) is 0.444. The van der Waals surface area contributed by atoms with Crippen LogP contribution in [0, 0.1) is 31.8 Å². The molecule has 0 aliphatic carbocycles. The molecule has 2 rings (SSSR count). The van der Waals surface area contributed by atoms with E-state index in [1.807, 2.05) is 0 Å². The van der Waals surface area contributed by atoms with E-state index in [-0.39, 0.29) is 18.7 Å².